The molecule has 0 aromatic heterocycles. The minimum atomic E-state index is -0.163. The van der Waals surface area contributed by atoms with Crippen LogP contribution in [0, 0.1) is 17.2 Å². The molecule has 1 aromatic rings. The van der Waals surface area contributed by atoms with Crippen LogP contribution >= 0.6 is 0 Å². The van der Waals surface area contributed by atoms with Gasteiger partial charge in [0.15, 0.2) is 0 Å². The van der Waals surface area contributed by atoms with Crippen LogP contribution in [0.25, 0.3) is 0 Å². The van der Waals surface area contributed by atoms with Gasteiger partial charge in [0.05, 0.1) is 0 Å². The first-order valence-corrected chi connectivity index (χ1v) is 7.50. The number of halogens is 1. The molecule has 1 aliphatic rings. The first kappa shape index (κ1) is 15.5. The summed E-state index contributed by atoms with van der Waals surface area (Å²) in [6.45, 7) is 6.26. The SMILES string of the molecule is COCCC(C)(C)CNC(c1ccc(F)cc1)C1CC1. The van der Waals surface area contributed by atoms with Gasteiger partial charge >= 0.3 is 0 Å². The van der Waals surface area contributed by atoms with Gasteiger partial charge in [-0.25, -0.2) is 4.39 Å². The number of nitrogens with one attached hydrogen (secondary N) is 1. The maximum atomic E-state index is 13.0. The molecule has 0 aliphatic heterocycles. The van der Waals surface area contributed by atoms with Crippen LogP contribution in [0.2, 0.25) is 0 Å². The highest BCUT2D eigenvalue weighted by atomic mass is 19.1. The summed E-state index contributed by atoms with van der Waals surface area (Å²) in [6.07, 6.45) is 3.58. The Morgan fingerprint density at radius 2 is 1.95 bits per heavy atom. The molecule has 1 saturated carbocycles. The molecule has 0 radical (unpaired) electrons. The number of benzene rings is 1. The maximum Gasteiger partial charge on any atom is 0.123 e. The fraction of sp³-hybridized carbons (Fsp3) is 0.647. The Labute approximate surface area is 121 Å². The van der Waals surface area contributed by atoms with Crippen molar-refractivity contribution in [3.05, 3.63) is 35.6 Å². The zero-order chi connectivity index (χ0) is 14.6. The molecule has 1 aromatic carbocycles. The molecule has 1 unspecified atom stereocenters. The molecular weight excluding hydrogens is 253 g/mol. The molecule has 0 spiro atoms. The van der Waals surface area contributed by atoms with Crippen LogP contribution in [0.3, 0.4) is 0 Å². The topological polar surface area (TPSA) is 21.3 Å². The summed E-state index contributed by atoms with van der Waals surface area (Å²) in [7, 11) is 1.75. The predicted molar refractivity (Wildman–Crippen MR) is 80.1 cm³/mol. The summed E-state index contributed by atoms with van der Waals surface area (Å²) in [4.78, 5) is 0. The van der Waals surface area contributed by atoms with Crippen LogP contribution in [0.5, 0.6) is 0 Å². The van der Waals surface area contributed by atoms with E-state index in [0.717, 1.165) is 19.6 Å². The van der Waals surface area contributed by atoms with E-state index in [1.165, 1.54) is 18.4 Å². The van der Waals surface area contributed by atoms with Gasteiger partial charge in [-0.1, -0.05) is 26.0 Å². The minimum absolute atomic E-state index is 0.163. The summed E-state index contributed by atoms with van der Waals surface area (Å²) in [5.41, 5.74) is 1.42. The van der Waals surface area contributed by atoms with E-state index < -0.39 is 0 Å². The van der Waals surface area contributed by atoms with Crippen molar-refractivity contribution in [2.45, 2.75) is 39.2 Å². The van der Waals surface area contributed by atoms with Crippen molar-refractivity contribution in [1.29, 1.82) is 0 Å². The third kappa shape index (κ3) is 4.57. The average molecular weight is 279 g/mol. The fourth-order valence-corrected chi connectivity index (χ4v) is 2.51. The third-order valence-electron chi connectivity index (χ3n) is 4.11. The lowest BCUT2D eigenvalue weighted by Gasteiger charge is -2.28. The summed E-state index contributed by atoms with van der Waals surface area (Å²) in [6, 6.07) is 7.30. The smallest absolute Gasteiger partial charge is 0.123 e. The second kappa shape index (κ2) is 6.68. The Balaban J connectivity index is 1.94. The lowest BCUT2D eigenvalue weighted by molar-refractivity contribution is 0.148. The molecule has 1 N–H and O–H groups in total. The normalized spacial score (nSPS) is 17.2. The summed E-state index contributed by atoms with van der Waals surface area (Å²) in [5.74, 6) is 0.544. The van der Waals surface area contributed by atoms with Crippen molar-refractivity contribution in [3.8, 4) is 0 Å². The molecule has 2 rings (SSSR count). The molecule has 20 heavy (non-hydrogen) atoms. The number of ether oxygens (including phenoxy) is 1. The fourth-order valence-electron chi connectivity index (χ4n) is 2.51. The largest absolute Gasteiger partial charge is 0.385 e. The Hall–Kier alpha value is -0.930. The molecule has 0 amide bonds. The first-order valence-electron chi connectivity index (χ1n) is 7.50. The van der Waals surface area contributed by atoms with Crippen LogP contribution in [-0.4, -0.2) is 20.3 Å². The third-order valence-corrected chi connectivity index (χ3v) is 4.11. The monoisotopic (exact) mass is 279 g/mol. The van der Waals surface area contributed by atoms with Gasteiger partial charge in [0.1, 0.15) is 5.82 Å². The highest BCUT2D eigenvalue weighted by Gasteiger charge is 2.33. The quantitative estimate of drug-likeness (QED) is 0.778. The molecule has 0 heterocycles. The summed E-state index contributed by atoms with van der Waals surface area (Å²) in [5, 5.41) is 3.69. The zero-order valence-corrected chi connectivity index (χ0v) is 12.8. The van der Waals surface area contributed by atoms with Gasteiger partial charge in [0, 0.05) is 26.3 Å². The summed E-state index contributed by atoms with van der Waals surface area (Å²) >= 11 is 0. The van der Waals surface area contributed by atoms with E-state index in [1.807, 2.05) is 12.1 Å². The maximum absolute atomic E-state index is 13.0. The second-order valence-corrected chi connectivity index (χ2v) is 6.65. The molecule has 0 bridgehead atoms. The Bertz CT molecular complexity index is 412. The predicted octanol–water partition coefficient (Wildman–Crippen LogP) is 3.93. The van der Waals surface area contributed by atoms with Crippen molar-refractivity contribution in [2.75, 3.05) is 20.3 Å². The lowest BCUT2D eigenvalue weighted by atomic mass is 9.88. The van der Waals surface area contributed by atoms with Gasteiger partial charge in [-0.2, -0.15) is 0 Å². The van der Waals surface area contributed by atoms with Gasteiger partial charge in [-0.05, 0) is 48.3 Å². The van der Waals surface area contributed by atoms with Crippen molar-refractivity contribution < 1.29 is 9.13 Å². The highest BCUT2D eigenvalue weighted by molar-refractivity contribution is 5.22. The number of rotatable bonds is 8. The van der Waals surface area contributed by atoms with Crippen LogP contribution in [0.15, 0.2) is 24.3 Å². The van der Waals surface area contributed by atoms with E-state index >= 15 is 0 Å². The van der Waals surface area contributed by atoms with Crippen molar-refractivity contribution in [3.63, 3.8) is 0 Å². The van der Waals surface area contributed by atoms with E-state index in [2.05, 4.69) is 19.2 Å². The van der Waals surface area contributed by atoms with Gasteiger partial charge in [0.25, 0.3) is 0 Å². The molecule has 112 valence electrons. The average Bonchev–Trinajstić information content (AvgIpc) is 3.23. The standard InChI is InChI=1S/C17H26FNO/c1-17(2,10-11-20-3)12-19-16(13-4-5-13)14-6-8-15(18)9-7-14/h6-9,13,16,19H,4-5,10-12H2,1-3H3. The molecule has 1 atom stereocenters. The zero-order valence-electron chi connectivity index (χ0n) is 12.8. The van der Waals surface area contributed by atoms with Gasteiger partial charge in [-0.3, -0.25) is 0 Å². The molecular formula is C17H26FNO. The van der Waals surface area contributed by atoms with Gasteiger partial charge < -0.3 is 10.1 Å². The lowest BCUT2D eigenvalue weighted by Crippen LogP contribution is -2.34. The molecule has 1 aliphatic carbocycles. The summed E-state index contributed by atoms with van der Waals surface area (Å²) < 4.78 is 18.2. The van der Waals surface area contributed by atoms with Crippen LogP contribution in [-0.2, 0) is 4.74 Å². The van der Waals surface area contributed by atoms with E-state index in [9.17, 15) is 4.39 Å². The highest BCUT2D eigenvalue weighted by Crippen LogP contribution is 2.41. The van der Waals surface area contributed by atoms with Crippen LogP contribution in [0.1, 0.15) is 44.7 Å². The van der Waals surface area contributed by atoms with E-state index in [1.54, 1.807) is 19.2 Å². The van der Waals surface area contributed by atoms with Crippen LogP contribution in [0.4, 0.5) is 4.39 Å². The van der Waals surface area contributed by atoms with Gasteiger partial charge in [0.2, 0.25) is 0 Å². The number of hydrogen-bond donors (Lipinski definition) is 1. The molecule has 1 fully saturated rings. The Morgan fingerprint density at radius 3 is 2.50 bits per heavy atom. The van der Waals surface area contributed by atoms with E-state index in [4.69, 9.17) is 4.74 Å². The minimum Gasteiger partial charge on any atom is -0.385 e. The molecule has 3 heteroatoms. The Kier molecular flexibility index (Phi) is 5.17. The van der Waals surface area contributed by atoms with E-state index in [-0.39, 0.29) is 11.2 Å². The van der Waals surface area contributed by atoms with Crippen molar-refractivity contribution >= 4 is 0 Å². The van der Waals surface area contributed by atoms with Crippen molar-refractivity contribution in [1.82, 2.24) is 5.32 Å². The Morgan fingerprint density at radius 1 is 1.30 bits per heavy atom. The first-order chi connectivity index (χ1) is 9.52. The molecule has 0 saturated heterocycles. The van der Waals surface area contributed by atoms with E-state index in [0.29, 0.717) is 12.0 Å². The van der Waals surface area contributed by atoms with Gasteiger partial charge in [-0.15, -0.1) is 0 Å². The van der Waals surface area contributed by atoms with Crippen molar-refractivity contribution in [2.24, 2.45) is 11.3 Å². The second-order valence-electron chi connectivity index (χ2n) is 6.65. The van der Waals surface area contributed by atoms with Crippen LogP contribution < -0.4 is 5.32 Å². The molecule has 2 nitrogen and oxygen atoms in total. The number of hydrogen-bond acceptors (Lipinski definition) is 2. The number of methoxy groups -OCH3 is 1.